The van der Waals surface area contributed by atoms with E-state index in [2.05, 4.69) is 9.97 Å². The number of H-pyrrole nitrogens is 1. The van der Waals surface area contributed by atoms with Gasteiger partial charge < -0.3 is 14.0 Å². The van der Waals surface area contributed by atoms with E-state index in [1.165, 1.54) is 6.26 Å². The number of alkyl halides is 3. The van der Waals surface area contributed by atoms with Crippen LogP contribution in [0.4, 0.5) is 13.2 Å². The summed E-state index contributed by atoms with van der Waals surface area (Å²) in [7, 11) is -2.64. The Hall–Kier alpha value is -1.49. The molecule has 2 aromatic heterocycles. The summed E-state index contributed by atoms with van der Waals surface area (Å²) in [6.07, 6.45) is -1.33. The van der Waals surface area contributed by atoms with Crippen molar-refractivity contribution in [3.8, 4) is 11.5 Å². The Kier molecular flexibility index (Phi) is 3.82. The van der Waals surface area contributed by atoms with Crippen molar-refractivity contribution in [1.82, 2.24) is 9.97 Å². The molecular formula is C12H14F3N2O2P. The van der Waals surface area contributed by atoms with Gasteiger partial charge in [0.2, 0.25) is 5.82 Å². The third-order valence-electron chi connectivity index (χ3n) is 3.19. The maximum atomic E-state index is 12.7. The lowest BCUT2D eigenvalue weighted by Gasteiger charge is -2.13. The minimum absolute atomic E-state index is 0.0828. The van der Waals surface area contributed by atoms with Crippen LogP contribution < -0.4 is 5.30 Å². The summed E-state index contributed by atoms with van der Waals surface area (Å²) < 4.78 is 55.5. The lowest BCUT2D eigenvalue weighted by molar-refractivity contribution is -0.144. The van der Waals surface area contributed by atoms with E-state index >= 15 is 0 Å². The normalized spacial score (nSPS) is 12.8. The molecule has 4 nitrogen and oxygen atoms in total. The van der Waals surface area contributed by atoms with Crippen LogP contribution in [0.2, 0.25) is 0 Å². The molecule has 20 heavy (non-hydrogen) atoms. The number of imidazole rings is 1. The maximum Gasteiger partial charge on any atom is 0.449 e. The third kappa shape index (κ3) is 2.54. The first-order valence-electron chi connectivity index (χ1n) is 6.10. The van der Waals surface area contributed by atoms with Gasteiger partial charge in [0.25, 0.3) is 0 Å². The molecular weight excluding hydrogens is 292 g/mol. The molecule has 0 saturated heterocycles. The average Bonchev–Trinajstić information content (AvgIpc) is 3.04. The molecule has 1 N–H and O–H groups in total. The van der Waals surface area contributed by atoms with Crippen LogP contribution in [0.5, 0.6) is 0 Å². The molecule has 2 rings (SSSR count). The van der Waals surface area contributed by atoms with Crippen LogP contribution in [-0.2, 0) is 10.7 Å². The number of aromatic nitrogens is 2. The van der Waals surface area contributed by atoms with Gasteiger partial charge in [-0.15, -0.1) is 0 Å². The van der Waals surface area contributed by atoms with E-state index in [9.17, 15) is 17.7 Å². The highest BCUT2D eigenvalue weighted by molar-refractivity contribution is 7.71. The smallest absolute Gasteiger partial charge is 0.449 e. The summed E-state index contributed by atoms with van der Waals surface area (Å²) in [5.41, 5.74) is 0.0828. The van der Waals surface area contributed by atoms with Gasteiger partial charge in [0, 0.05) is 12.3 Å². The Balaban J connectivity index is 2.48. The predicted molar refractivity (Wildman–Crippen MR) is 69.6 cm³/mol. The molecule has 110 valence electrons. The summed E-state index contributed by atoms with van der Waals surface area (Å²) >= 11 is 0. The largest absolute Gasteiger partial charge is 0.462 e. The fourth-order valence-electron chi connectivity index (χ4n) is 1.97. The number of furan rings is 1. The van der Waals surface area contributed by atoms with Gasteiger partial charge in [-0.2, -0.15) is 13.2 Å². The zero-order valence-corrected chi connectivity index (χ0v) is 11.9. The van der Waals surface area contributed by atoms with Crippen LogP contribution in [0, 0.1) is 0 Å². The minimum Gasteiger partial charge on any atom is -0.462 e. The average molecular weight is 306 g/mol. The van der Waals surface area contributed by atoms with E-state index in [0.29, 0.717) is 17.6 Å². The number of hydrogen-bond donors (Lipinski definition) is 1. The van der Waals surface area contributed by atoms with Crippen LogP contribution in [0.3, 0.4) is 0 Å². The second kappa shape index (κ2) is 5.13. The number of halogens is 3. The number of aromatic amines is 1. The number of nitrogens with one attached hydrogen (secondary N) is 1. The predicted octanol–water partition coefficient (Wildman–Crippen LogP) is 3.72. The van der Waals surface area contributed by atoms with Crippen molar-refractivity contribution < 1.29 is 22.2 Å². The highest BCUT2D eigenvalue weighted by Gasteiger charge is 2.35. The van der Waals surface area contributed by atoms with Gasteiger partial charge >= 0.3 is 6.18 Å². The number of rotatable bonds is 4. The zero-order valence-electron chi connectivity index (χ0n) is 11.0. The number of hydrogen-bond acceptors (Lipinski definition) is 3. The molecule has 8 heteroatoms. The summed E-state index contributed by atoms with van der Waals surface area (Å²) in [6.45, 7) is 3.57. The van der Waals surface area contributed by atoms with Crippen molar-refractivity contribution in [3.63, 3.8) is 0 Å². The SMILES string of the molecule is CCP(=O)(CC)c1ccoc1-c1cnc(C(F)(F)F)[nH]1. The molecule has 2 aromatic rings. The van der Waals surface area contributed by atoms with Crippen molar-refractivity contribution in [2.75, 3.05) is 12.3 Å². The molecule has 0 unspecified atom stereocenters. The molecule has 2 heterocycles. The minimum atomic E-state index is -4.55. The van der Waals surface area contributed by atoms with Crippen LogP contribution >= 0.6 is 7.14 Å². The van der Waals surface area contributed by atoms with Crippen LogP contribution in [0.15, 0.2) is 22.9 Å². The number of nitrogens with zero attached hydrogens (tertiary/aromatic N) is 1. The van der Waals surface area contributed by atoms with Gasteiger partial charge in [0.05, 0.1) is 17.8 Å². The third-order valence-corrected chi connectivity index (χ3v) is 6.47. The molecule has 0 aromatic carbocycles. The highest BCUT2D eigenvalue weighted by atomic mass is 31.2. The molecule has 0 aliphatic rings. The maximum absolute atomic E-state index is 12.7. The zero-order chi connectivity index (χ0) is 15.0. The molecule has 0 bridgehead atoms. The topological polar surface area (TPSA) is 58.9 Å². The van der Waals surface area contributed by atoms with E-state index in [-0.39, 0.29) is 11.5 Å². The van der Waals surface area contributed by atoms with Crippen LogP contribution in [-0.4, -0.2) is 22.3 Å². The quantitative estimate of drug-likeness (QED) is 0.876. The van der Waals surface area contributed by atoms with Crippen LogP contribution in [0.25, 0.3) is 11.5 Å². The second-order valence-corrected chi connectivity index (χ2v) is 7.83. The van der Waals surface area contributed by atoms with Crippen molar-refractivity contribution >= 4 is 12.4 Å². The fraction of sp³-hybridized carbons (Fsp3) is 0.417. The lowest BCUT2D eigenvalue weighted by Crippen LogP contribution is -2.10. The van der Waals surface area contributed by atoms with Gasteiger partial charge in [-0.25, -0.2) is 4.98 Å². The monoisotopic (exact) mass is 306 g/mol. The first kappa shape index (κ1) is 14.9. The van der Waals surface area contributed by atoms with E-state index in [1.807, 2.05) is 0 Å². The van der Waals surface area contributed by atoms with Gasteiger partial charge in [-0.1, -0.05) is 13.8 Å². The molecule has 0 saturated carbocycles. The van der Waals surface area contributed by atoms with Gasteiger partial charge in [-0.3, -0.25) is 0 Å². The summed E-state index contributed by atoms with van der Waals surface area (Å²) in [5.74, 6) is -0.933. The Morgan fingerprint density at radius 2 is 2.00 bits per heavy atom. The first-order chi connectivity index (χ1) is 9.31. The summed E-state index contributed by atoms with van der Waals surface area (Å²) in [5, 5.41) is 0.458. The molecule has 0 aliphatic carbocycles. The molecule has 0 aliphatic heterocycles. The Morgan fingerprint density at radius 3 is 2.50 bits per heavy atom. The Labute approximate surface area is 113 Å². The van der Waals surface area contributed by atoms with Gasteiger partial charge in [0.15, 0.2) is 5.76 Å². The van der Waals surface area contributed by atoms with E-state index < -0.39 is 19.1 Å². The molecule has 0 fully saturated rings. The van der Waals surface area contributed by atoms with E-state index in [4.69, 9.17) is 4.42 Å². The summed E-state index contributed by atoms with van der Waals surface area (Å²) in [6, 6.07) is 1.55. The lowest BCUT2D eigenvalue weighted by atomic mass is 10.3. The van der Waals surface area contributed by atoms with Gasteiger partial charge in [-0.05, 0) is 6.07 Å². The Bertz CT molecular complexity index is 637. The van der Waals surface area contributed by atoms with Crippen LogP contribution in [0.1, 0.15) is 19.7 Å². The van der Waals surface area contributed by atoms with Crippen molar-refractivity contribution in [3.05, 3.63) is 24.4 Å². The van der Waals surface area contributed by atoms with E-state index in [1.54, 1.807) is 19.9 Å². The van der Waals surface area contributed by atoms with Gasteiger partial charge in [0.1, 0.15) is 12.8 Å². The molecule has 0 spiro atoms. The first-order valence-corrected chi connectivity index (χ1v) is 8.18. The van der Waals surface area contributed by atoms with Crippen molar-refractivity contribution in [2.45, 2.75) is 20.0 Å². The molecule has 0 radical (unpaired) electrons. The summed E-state index contributed by atoms with van der Waals surface area (Å²) in [4.78, 5) is 5.45. The second-order valence-electron chi connectivity index (χ2n) is 4.30. The van der Waals surface area contributed by atoms with Crippen molar-refractivity contribution in [2.24, 2.45) is 0 Å². The standard InChI is InChI=1S/C12H14F3N2O2P/c1-3-20(18,4-2)9-5-6-19-10(9)8-7-16-11(17-8)12(13,14)15/h5-7H,3-4H2,1-2H3,(H,16,17). The Morgan fingerprint density at radius 1 is 1.35 bits per heavy atom. The molecule has 0 amide bonds. The molecule has 0 atom stereocenters. The van der Waals surface area contributed by atoms with Crippen molar-refractivity contribution in [1.29, 1.82) is 0 Å². The van der Waals surface area contributed by atoms with E-state index in [0.717, 1.165) is 6.20 Å². The highest BCUT2D eigenvalue weighted by Crippen LogP contribution is 2.46. The fourth-order valence-corrected chi connectivity index (χ4v) is 3.97.